The van der Waals surface area contributed by atoms with Crippen LogP contribution in [0.15, 0.2) is 158 Å². The molecule has 6 heteroatoms. The Morgan fingerprint density at radius 1 is 0.596 bits per heavy atom. The first kappa shape index (κ1) is 27.0. The lowest BCUT2D eigenvalue weighted by Gasteiger charge is -2.13. The molecule has 9 rings (SSSR count). The highest BCUT2D eigenvalue weighted by atomic mass is 16.5. The number of hydrogen-bond acceptors (Lipinski definition) is 3. The number of fused-ring (bicyclic) bond motifs is 5. The number of aromatic nitrogens is 5. The van der Waals surface area contributed by atoms with Crippen molar-refractivity contribution in [1.82, 2.24) is 23.7 Å². The van der Waals surface area contributed by atoms with Gasteiger partial charge in [0, 0.05) is 52.7 Å². The molecule has 4 heterocycles. The smallest absolute Gasteiger partial charge is 0.137 e. The molecule has 6 nitrogen and oxygen atoms in total. The van der Waals surface area contributed by atoms with Crippen molar-refractivity contribution in [2.24, 2.45) is 0 Å². The van der Waals surface area contributed by atoms with Gasteiger partial charge < -0.3 is 13.9 Å². The molecular weight excluding hydrogens is 578 g/mol. The summed E-state index contributed by atoms with van der Waals surface area (Å²) in [6.07, 6.45) is 7.48. The molecule has 0 aliphatic rings. The fourth-order valence-corrected chi connectivity index (χ4v) is 6.70. The summed E-state index contributed by atoms with van der Waals surface area (Å²) < 4.78 is 13.1. The summed E-state index contributed by atoms with van der Waals surface area (Å²) in [6.45, 7) is 2.16. The largest absolute Gasteiger partial charge is 0.457 e. The van der Waals surface area contributed by atoms with E-state index in [-0.39, 0.29) is 0 Å². The number of para-hydroxylation sites is 2. The molecule has 0 amide bonds. The monoisotopic (exact) mass is 607 g/mol. The van der Waals surface area contributed by atoms with E-state index < -0.39 is 0 Å². The summed E-state index contributed by atoms with van der Waals surface area (Å²) in [6, 6.07) is 46.2. The van der Waals surface area contributed by atoms with Crippen LogP contribution in [-0.4, -0.2) is 23.7 Å². The molecule has 5 aromatic carbocycles. The average Bonchev–Trinajstić information content (AvgIpc) is 3.85. The Morgan fingerprint density at radius 3 is 2.13 bits per heavy atom. The molecule has 0 aliphatic carbocycles. The molecule has 0 radical (unpaired) electrons. The third kappa shape index (κ3) is 4.50. The van der Waals surface area contributed by atoms with Crippen molar-refractivity contribution in [3.05, 3.63) is 164 Å². The highest BCUT2D eigenvalue weighted by molar-refractivity contribution is 6.20. The summed E-state index contributed by atoms with van der Waals surface area (Å²) in [4.78, 5) is 9.30. The van der Waals surface area contributed by atoms with Crippen LogP contribution in [0.3, 0.4) is 0 Å². The van der Waals surface area contributed by atoms with Crippen molar-refractivity contribution >= 4 is 32.8 Å². The second kappa shape index (κ2) is 10.9. The number of hydrogen-bond donors (Lipinski definition) is 0. The van der Waals surface area contributed by atoms with Crippen LogP contribution in [0.25, 0.3) is 61.2 Å². The normalized spacial score (nSPS) is 11.5. The maximum absolute atomic E-state index is 6.52. The summed E-state index contributed by atoms with van der Waals surface area (Å²) in [7, 11) is 0. The Labute approximate surface area is 271 Å². The molecule has 0 saturated heterocycles. The van der Waals surface area contributed by atoms with Gasteiger partial charge >= 0.3 is 0 Å². The molecule has 0 aliphatic heterocycles. The SMILES string of the molecule is Cc1cc(-n2c3cc(Oc4cccc(-n5ccnc5)c4)ccc3c3c2c2ccccc2n3-c2ccccc2)ncc1-c1ccccc1. The van der Waals surface area contributed by atoms with Crippen molar-refractivity contribution in [3.63, 3.8) is 0 Å². The molecule has 0 N–H and O–H groups in total. The van der Waals surface area contributed by atoms with Crippen molar-refractivity contribution < 1.29 is 4.74 Å². The summed E-state index contributed by atoms with van der Waals surface area (Å²) >= 11 is 0. The van der Waals surface area contributed by atoms with E-state index in [9.17, 15) is 0 Å². The van der Waals surface area contributed by atoms with Gasteiger partial charge in [-0.2, -0.15) is 0 Å². The van der Waals surface area contributed by atoms with Crippen LogP contribution in [-0.2, 0) is 0 Å². The van der Waals surface area contributed by atoms with E-state index in [2.05, 4.69) is 124 Å². The Morgan fingerprint density at radius 2 is 1.32 bits per heavy atom. The van der Waals surface area contributed by atoms with Gasteiger partial charge in [-0.05, 0) is 66.6 Å². The first-order valence-electron chi connectivity index (χ1n) is 15.6. The molecule has 0 spiro atoms. The van der Waals surface area contributed by atoms with Gasteiger partial charge in [0.1, 0.15) is 17.3 Å². The van der Waals surface area contributed by atoms with Gasteiger partial charge in [-0.1, -0.05) is 72.8 Å². The predicted molar refractivity (Wildman–Crippen MR) is 189 cm³/mol. The van der Waals surface area contributed by atoms with E-state index in [1.165, 1.54) is 0 Å². The molecule has 0 fully saturated rings. The third-order valence-electron chi connectivity index (χ3n) is 8.82. The van der Waals surface area contributed by atoms with E-state index in [1.54, 1.807) is 12.5 Å². The van der Waals surface area contributed by atoms with Crippen LogP contribution in [0.5, 0.6) is 11.5 Å². The quantitative estimate of drug-likeness (QED) is 0.189. The lowest BCUT2D eigenvalue weighted by molar-refractivity contribution is 0.483. The molecule has 4 aromatic heterocycles. The fraction of sp³-hybridized carbons (Fsp3) is 0.0244. The number of aryl methyl sites for hydroxylation is 1. The van der Waals surface area contributed by atoms with Gasteiger partial charge in [0.15, 0.2) is 0 Å². The van der Waals surface area contributed by atoms with Crippen LogP contribution in [0.2, 0.25) is 0 Å². The van der Waals surface area contributed by atoms with Crippen molar-refractivity contribution in [2.75, 3.05) is 0 Å². The summed E-state index contributed by atoms with van der Waals surface area (Å²) in [5.74, 6) is 2.35. The highest BCUT2D eigenvalue weighted by Gasteiger charge is 2.23. The summed E-state index contributed by atoms with van der Waals surface area (Å²) in [5, 5.41) is 2.27. The van der Waals surface area contributed by atoms with E-state index in [0.717, 1.165) is 78.2 Å². The van der Waals surface area contributed by atoms with Crippen LogP contribution in [0, 0.1) is 6.92 Å². The molecule has 0 saturated carbocycles. The standard InChI is InChI=1S/C41H29N5O/c1-28-23-39(43-26-36(28)29-11-4-2-5-12-29)46-38-25-33(47-32-16-10-15-31(24-32)44-22-21-42-27-44)19-20-35(38)40-41(46)34-17-8-9-18-37(34)45(40)30-13-6-3-7-14-30/h2-27H,1H3. The maximum atomic E-state index is 6.52. The lowest BCUT2D eigenvalue weighted by atomic mass is 10.0. The second-order valence-corrected chi connectivity index (χ2v) is 11.7. The number of pyridine rings is 1. The molecule has 0 bridgehead atoms. The first-order valence-corrected chi connectivity index (χ1v) is 15.6. The van der Waals surface area contributed by atoms with Gasteiger partial charge in [0.2, 0.25) is 0 Å². The average molecular weight is 608 g/mol. The van der Waals surface area contributed by atoms with Crippen LogP contribution >= 0.6 is 0 Å². The minimum atomic E-state index is 0.745. The van der Waals surface area contributed by atoms with Crippen molar-refractivity contribution in [1.29, 1.82) is 0 Å². The Bertz CT molecular complexity index is 2550. The third-order valence-corrected chi connectivity index (χ3v) is 8.82. The van der Waals surface area contributed by atoms with Crippen LogP contribution < -0.4 is 4.74 Å². The number of rotatable bonds is 6. The molecular formula is C41H29N5O. The van der Waals surface area contributed by atoms with E-state index in [1.807, 2.05) is 47.3 Å². The summed E-state index contributed by atoms with van der Waals surface area (Å²) in [5.41, 5.74) is 9.94. The van der Waals surface area contributed by atoms with Crippen LogP contribution in [0.4, 0.5) is 0 Å². The van der Waals surface area contributed by atoms with Crippen molar-refractivity contribution in [3.8, 4) is 39.8 Å². The maximum Gasteiger partial charge on any atom is 0.137 e. The molecule has 47 heavy (non-hydrogen) atoms. The minimum Gasteiger partial charge on any atom is -0.457 e. The molecule has 0 atom stereocenters. The lowest BCUT2D eigenvalue weighted by Crippen LogP contribution is -1.99. The first-order chi connectivity index (χ1) is 23.2. The Balaban J connectivity index is 1.29. The van der Waals surface area contributed by atoms with Gasteiger partial charge in [-0.25, -0.2) is 9.97 Å². The Kier molecular flexibility index (Phi) is 6.25. The van der Waals surface area contributed by atoms with Crippen LogP contribution in [0.1, 0.15) is 5.56 Å². The van der Waals surface area contributed by atoms with Gasteiger partial charge in [-0.15, -0.1) is 0 Å². The minimum absolute atomic E-state index is 0.745. The van der Waals surface area contributed by atoms with Gasteiger partial charge in [-0.3, -0.25) is 4.57 Å². The van der Waals surface area contributed by atoms with Gasteiger partial charge in [0.25, 0.3) is 0 Å². The van der Waals surface area contributed by atoms with E-state index in [0.29, 0.717) is 0 Å². The van der Waals surface area contributed by atoms with Gasteiger partial charge in [0.05, 0.1) is 34.1 Å². The molecule has 224 valence electrons. The molecule has 0 unspecified atom stereocenters. The highest BCUT2D eigenvalue weighted by Crippen LogP contribution is 2.42. The number of imidazole rings is 1. The zero-order valence-electron chi connectivity index (χ0n) is 25.7. The Hall–Kier alpha value is -6.40. The topological polar surface area (TPSA) is 49.8 Å². The van der Waals surface area contributed by atoms with E-state index >= 15 is 0 Å². The van der Waals surface area contributed by atoms with Crippen molar-refractivity contribution in [2.45, 2.75) is 6.92 Å². The van der Waals surface area contributed by atoms with E-state index in [4.69, 9.17) is 9.72 Å². The second-order valence-electron chi connectivity index (χ2n) is 11.7. The number of nitrogens with zero attached hydrogens (tertiary/aromatic N) is 5. The predicted octanol–water partition coefficient (Wildman–Crippen LogP) is 10.1. The number of ether oxygens (including phenoxy) is 1. The fourth-order valence-electron chi connectivity index (χ4n) is 6.70. The zero-order valence-corrected chi connectivity index (χ0v) is 25.7. The number of benzene rings is 5. The molecule has 9 aromatic rings. The zero-order chi connectivity index (χ0) is 31.3.